The number of benzene rings is 2. The van der Waals surface area contributed by atoms with Crippen LogP contribution in [0, 0.1) is 5.82 Å². The number of aromatic nitrogens is 3. The van der Waals surface area contributed by atoms with Gasteiger partial charge in [-0.15, -0.1) is 0 Å². The Labute approximate surface area is 170 Å². The molecule has 29 heavy (non-hydrogen) atoms. The average Bonchev–Trinajstić information content (AvgIpc) is 3.20. The molecule has 7 nitrogen and oxygen atoms in total. The largest absolute Gasteiger partial charge is 0.493 e. The number of rotatable bonds is 6. The second-order valence-electron chi connectivity index (χ2n) is 6.00. The first-order valence-corrected chi connectivity index (χ1v) is 8.89. The van der Waals surface area contributed by atoms with Crippen molar-refractivity contribution >= 4 is 22.5 Å². The van der Waals surface area contributed by atoms with Crippen molar-refractivity contribution in [1.82, 2.24) is 15.1 Å². The van der Waals surface area contributed by atoms with Gasteiger partial charge in [-0.3, -0.25) is 0 Å². The van der Waals surface area contributed by atoms with Crippen molar-refractivity contribution in [2.75, 3.05) is 14.2 Å². The maximum Gasteiger partial charge on any atom is 0.226 e. The van der Waals surface area contributed by atoms with Crippen LogP contribution in [-0.4, -0.2) is 29.3 Å². The van der Waals surface area contributed by atoms with Gasteiger partial charge in [0.2, 0.25) is 11.2 Å². The molecule has 9 heteroatoms. The van der Waals surface area contributed by atoms with Crippen LogP contribution in [0.4, 0.5) is 4.39 Å². The Balaban J connectivity index is 1.60. The van der Waals surface area contributed by atoms with Gasteiger partial charge in [-0.2, -0.15) is 4.98 Å². The molecule has 0 bridgehead atoms. The summed E-state index contributed by atoms with van der Waals surface area (Å²) >= 11 is 6.03. The van der Waals surface area contributed by atoms with Crippen molar-refractivity contribution in [3.63, 3.8) is 0 Å². The lowest BCUT2D eigenvalue weighted by Crippen LogP contribution is -2.00. The van der Waals surface area contributed by atoms with Crippen LogP contribution in [0.25, 0.3) is 22.2 Å². The third-order valence-electron chi connectivity index (χ3n) is 4.19. The van der Waals surface area contributed by atoms with Crippen LogP contribution in [-0.2, 0) is 6.61 Å². The fourth-order valence-electron chi connectivity index (χ4n) is 2.79. The molecule has 0 aliphatic rings. The van der Waals surface area contributed by atoms with Gasteiger partial charge in [-0.25, -0.2) is 9.37 Å². The second kappa shape index (κ2) is 7.92. The van der Waals surface area contributed by atoms with Crippen molar-refractivity contribution in [3.8, 4) is 28.6 Å². The van der Waals surface area contributed by atoms with Crippen molar-refractivity contribution in [3.05, 3.63) is 59.3 Å². The van der Waals surface area contributed by atoms with Crippen LogP contribution >= 0.6 is 11.6 Å². The molecule has 0 atom stereocenters. The minimum absolute atomic E-state index is 0.0318. The van der Waals surface area contributed by atoms with E-state index in [0.717, 1.165) is 5.56 Å². The van der Waals surface area contributed by atoms with E-state index >= 15 is 0 Å². The zero-order chi connectivity index (χ0) is 20.4. The lowest BCUT2D eigenvalue weighted by molar-refractivity contribution is 0.244. The van der Waals surface area contributed by atoms with Crippen molar-refractivity contribution in [1.29, 1.82) is 0 Å². The molecule has 2 aromatic heterocycles. The van der Waals surface area contributed by atoms with E-state index in [1.807, 2.05) is 0 Å². The monoisotopic (exact) mass is 415 g/mol. The minimum atomic E-state index is -0.319. The third-order valence-corrected chi connectivity index (χ3v) is 4.36. The summed E-state index contributed by atoms with van der Waals surface area (Å²) in [6.07, 6.45) is 0. The zero-order valence-corrected chi connectivity index (χ0v) is 16.2. The highest BCUT2D eigenvalue weighted by Crippen LogP contribution is 2.35. The topological polar surface area (TPSA) is 79.5 Å². The van der Waals surface area contributed by atoms with E-state index in [1.54, 1.807) is 30.3 Å². The molecule has 0 amide bonds. The number of methoxy groups -OCH3 is 2. The highest BCUT2D eigenvalue weighted by Gasteiger charge is 2.15. The third kappa shape index (κ3) is 3.93. The zero-order valence-electron chi connectivity index (χ0n) is 15.5. The summed E-state index contributed by atoms with van der Waals surface area (Å²) in [6.45, 7) is 0.0605. The Hall–Kier alpha value is -3.39. The molecule has 148 valence electrons. The van der Waals surface area contributed by atoms with Gasteiger partial charge in [-0.1, -0.05) is 5.16 Å². The van der Waals surface area contributed by atoms with E-state index in [2.05, 4.69) is 15.1 Å². The molecule has 0 fully saturated rings. The minimum Gasteiger partial charge on any atom is -0.493 e. The van der Waals surface area contributed by atoms with E-state index in [-0.39, 0.29) is 23.6 Å². The van der Waals surface area contributed by atoms with Gasteiger partial charge < -0.3 is 18.7 Å². The number of fused-ring (bicyclic) bond motifs is 1. The molecular weight excluding hydrogens is 401 g/mol. The Morgan fingerprint density at radius 2 is 1.72 bits per heavy atom. The SMILES string of the molecule is COc1cc2nc(Cl)nc(OCc3cc(-c4ccc(F)cc4)no3)c2cc1OC. The van der Waals surface area contributed by atoms with Crippen molar-refractivity contribution in [2.24, 2.45) is 0 Å². The molecule has 0 saturated carbocycles. The first-order chi connectivity index (χ1) is 14.1. The van der Waals surface area contributed by atoms with E-state index in [0.29, 0.717) is 33.9 Å². The molecule has 4 rings (SSSR count). The fourth-order valence-corrected chi connectivity index (χ4v) is 2.96. The molecule has 0 radical (unpaired) electrons. The van der Waals surface area contributed by atoms with E-state index < -0.39 is 0 Å². The van der Waals surface area contributed by atoms with E-state index in [9.17, 15) is 4.39 Å². The molecule has 0 aliphatic heterocycles. The summed E-state index contributed by atoms with van der Waals surface area (Å²) in [5.41, 5.74) is 1.84. The molecule has 0 N–H and O–H groups in total. The number of halogens is 2. The lowest BCUT2D eigenvalue weighted by Gasteiger charge is -2.11. The van der Waals surface area contributed by atoms with Gasteiger partial charge >= 0.3 is 0 Å². The summed E-state index contributed by atoms with van der Waals surface area (Å²) < 4.78 is 34.8. The number of ether oxygens (including phenoxy) is 3. The Bertz CT molecular complexity index is 1160. The molecule has 0 aliphatic carbocycles. The average molecular weight is 416 g/mol. The van der Waals surface area contributed by atoms with Gasteiger partial charge in [0.25, 0.3) is 0 Å². The van der Waals surface area contributed by atoms with Gasteiger partial charge in [0, 0.05) is 17.7 Å². The molecule has 0 saturated heterocycles. The highest BCUT2D eigenvalue weighted by molar-refractivity contribution is 6.28. The van der Waals surface area contributed by atoms with Crippen molar-refractivity contribution < 1.29 is 23.1 Å². The highest BCUT2D eigenvalue weighted by atomic mass is 35.5. The van der Waals surface area contributed by atoms with Gasteiger partial charge in [0.05, 0.1) is 25.1 Å². The maximum absolute atomic E-state index is 13.1. The van der Waals surface area contributed by atoms with Gasteiger partial charge in [-0.05, 0) is 41.9 Å². The van der Waals surface area contributed by atoms with Crippen molar-refractivity contribution in [2.45, 2.75) is 6.61 Å². The smallest absolute Gasteiger partial charge is 0.226 e. The Morgan fingerprint density at radius 3 is 2.45 bits per heavy atom. The van der Waals surface area contributed by atoms with Crippen LogP contribution in [0.15, 0.2) is 47.0 Å². The first kappa shape index (κ1) is 18.9. The maximum atomic E-state index is 13.1. The normalized spacial score (nSPS) is 10.9. The predicted octanol–water partition coefficient (Wildman–Crippen LogP) is 4.67. The quantitative estimate of drug-likeness (QED) is 0.423. The van der Waals surface area contributed by atoms with Gasteiger partial charge in [0.15, 0.2) is 23.9 Å². The molecular formula is C20H15ClFN3O4. The van der Waals surface area contributed by atoms with E-state index in [4.69, 9.17) is 30.3 Å². The van der Waals surface area contributed by atoms with Crippen LogP contribution in [0.3, 0.4) is 0 Å². The lowest BCUT2D eigenvalue weighted by atomic mass is 10.1. The predicted molar refractivity (Wildman–Crippen MR) is 104 cm³/mol. The summed E-state index contributed by atoms with van der Waals surface area (Å²) in [5.74, 6) is 1.43. The molecule has 0 unspecified atom stereocenters. The molecule has 4 aromatic rings. The van der Waals surface area contributed by atoms with Crippen LogP contribution in [0.1, 0.15) is 5.76 Å². The first-order valence-electron chi connectivity index (χ1n) is 8.51. The fraction of sp³-hybridized carbons (Fsp3) is 0.150. The molecule has 2 heterocycles. The summed E-state index contributed by atoms with van der Waals surface area (Å²) in [7, 11) is 3.07. The summed E-state index contributed by atoms with van der Waals surface area (Å²) in [4.78, 5) is 8.35. The number of hydrogen-bond donors (Lipinski definition) is 0. The van der Waals surface area contributed by atoms with Gasteiger partial charge in [0.1, 0.15) is 11.5 Å². The molecule has 0 spiro atoms. The standard InChI is InChI=1S/C20H15ClFN3O4/c1-26-17-8-14-16(9-18(17)27-2)23-20(21)24-19(14)28-10-13-7-15(25-29-13)11-3-5-12(22)6-4-11/h3-9H,10H2,1-2H3. The van der Waals surface area contributed by atoms with Crippen LogP contribution in [0.5, 0.6) is 17.4 Å². The van der Waals surface area contributed by atoms with Crippen LogP contribution < -0.4 is 14.2 Å². The number of nitrogens with zero attached hydrogens (tertiary/aromatic N) is 3. The summed E-state index contributed by atoms with van der Waals surface area (Å²) in [6, 6.07) is 11.1. The number of hydrogen-bond acceptors (Lipinski definition) is 7. The van der Waals surface area contributed by atoms with E-state index in [1.165, 1.54) is 26.4 Å². The second-order valence-corrected chi connectivity index (χ2v) is 6.33. The summed E-state index contributed by atoms with van der Waals surface area (Å²) in [5, 5.41) is 4.62. The van der Waals surface area contributed by atoms with Crippen LogP contribution in [0.2, 0.25) is 5.28 Å². The Morgan fingerprint density at radius 1 is 1.00 bits per heavy atom. The Kier molecular flexibility index (Phi) is 5.18. The molecule has 2 aromatic carbocycles.